The molecule has 2 aliphatic rings. The summed E-state index contributed by atoms with van der Waals surface area (Å²) in [7, 11) is 0. The Morgan fingerprint density at radius 2 is 1.65 bits per heavy atom. The highest BCUT2D eigenvalue weighted by Gasteiger charge is 2.28. The molecule has 3 rings (SSSR count). The van der Waals surface area contributed by atoms with Gasteiger partial charge >= 0.3 is 0 Å². The van der Waals surface area contributed by atoms with E-state index in [2.05, 4.69) is 58.6 Å². The van der Waals surface area contributed by atoms with E-state index in [9.17, 15) is 5.21 Å². The van der Waals surface area contributed by atoms with Crippen LogP contribution in [0.3, 0.4) is 0 Å². The molecule has 3 nitrogen and oxygen atoms in total. The zero-order chi connectivity index (χ0) is 15.9. The SMILES string of the molecule is O/N=C1\CC/C=C/CC/C=C/CC[C@H]1N1CCc2ccccc21. The van der Waals surface area contributed by atoms with E-state index in [-0.39, 0.29) is 6.04 Å². The van der Waals surface area contributed by atoms with Gasteiger partial charge in [0, 0.05) is 12.2 Å². The third-order valence-electron chi connectivity index (χ3n) is 4.82. The van der Waals surface area contributed by atoms with Crippen molar-refractivity contribution >= 4 is 11.4 Å². The van der Waals surface area contributed by atoms with Gasteiger partial charge in [0.05, 0.1) is 11.8 Å². The van der Waals surface area contributed by atoms with Gasteiger partial charge < -0.3 is 10.1 Å². The molecule has 0 unspecified atom stereocenters. The highest BCUT2D eigenvalue weighted by atomic mass is 16.4. The average molecular weight is 310 g/mol. The fraction of sp³-hybridized carbons (Fsp3) is 0.450. The molecule has 1 aromatic carbocycles. The standard InChI is InChI=1S/C20H26N2O/c23-21-18-12-7-5-3-1-2-4-6-8-14-20(18)22-16-15-17-11-9-10-13-19(17)22/h3-6,9-11,13,20,23H,1-2,7-8,12,14-16H2/b5-3+,6-4+,21-18+/t20-/m1/s1. The van der Waals surface area contributed by atoms with Gasteiger partial charge in [-0.15, -0.1) is 0 Å². The van der Waals surface area contributed by atoms with Gasteiger partial charge in [-0.2, -0.15) is 0 Å². The third-order valence-corrected chi connectivity index (χ3v) is 4.82. The lowest BCUT2D eigenvalue weighted by atomic mass is 9.99. The first-order valence-electron chi connectivity index (χ1n) is 8.75. The van der Waals surface area contributed by atoms with E-state index in [1.165, 1.54) is 11.3 Å². The fourth-order valence-corrected chi connectivity index (χ4v) is 3.62. The van der Waals surface area contributed by atoms with E-state index < -0.39 is 0 Å². The summed E-state index contributed by atoms with van der Waals surface area (Å²) in [6.07, 6.45) is 16.1. The molecule has 0 amide bonds. The van der Waals surface area contributed by atoms with Gasteiger partial charge in [-0.3, -0.25) is 0 Å². The molecule has 0 saturated carbocycles. The van der Waals surface area contributed by atoms with Crippen LogP contribution in [0.25, 0.3) is 0 Å². The summed E-state index contributed by atoms with van der Waals surface area (Å²) < 4.78 is 0. The Morgan fingerprint density at radius 1 is 0.913 bits per heavy atom. The van der Waals surface area contributed by atoms with E-state index in [0.717, 1.165) is 57.2 Å². The smallest absolute Gasteiger partial charge is 0.0798 e. The van der Waals surface area contributed by atoms with Gasteiger partial charge in [0.1, 0.15) is 0 Å². The molecule has 0 saturated heterocycles. The second-order valence-corrected chi connectivity index (χ2v) is 6.32. The van der Waals surface area contributed by atoms with Crippen molar-refractivity contribution in [3.63, 3.8) is 0 Å². The Morgan fingerprint density at radius 3 is 2.48 bits per heavy atom. The number of para-hydroxylation sites is 1. The summed E-state index contributed by atoms with van der Waals surface area (Å²) in [5.74, 6) is 0. The molecule has 1 aromatic rings. The van der Waals surface area contributed by atoms with E-state index in [4.69, 9.17) is 0 Å². The number of benzene rings is 1. The molecule has 1 aliphatic heterocycles. The minimum absolute atomic E-state index is 0.195. The van der Waals surface area contributed by atoms with Gasteiger partial charge in [-0.1, -0.05) is 47.7 Å². The summed E-state index contributed by atoms with van der Waals surface area (Å²) in [4.78, 5) is 2.44. The Kier molecular flexibility index (Phi) is 5.51. The Labute approximate surface area is 139 Å². The van der Waals surface area contributed by atoms with Crippen molar-refractivity contribution < 1.29 is 5.21 Å². The van der Waals surface area contributed by atoms with Crippen molar-refractivity contribution in [2.75, 3.05) is 11.4 Å². The number of allylic oxidation sites excluding steroid dienone is 4. The molecular formula is C20H26N2O. The van der Waals surface area contributed by atoms with Crippen LogP contribution in [0.4, 0.5) is 5.69 Å². The molecule has 1 atom stereocenters. The predicted molar refractivity (Wildman–Crippen MR) is 96.5 cm³/mol. The molecule has 0 aromatic heterocycles. The quantitative estimate of drug-likeness (QED) is 0.463. The van der Waals surface area contributed by atoms with Crippen LogP contribution in [-0.2, 0) is 6.42 Å². The Balaban J connectivity index is 1.83. The Bertz CT molecular complexity index is 603. The molecule has 1 N–H and O–H groups in total. The predicted octanol–water partition coefficient (Wildman–Crippen LogP) is 4.71. The molecular weight excluding hydrogens is 284 g/mol. The van der Waals surface area contributed by atoms with Gasteiger partial charge in [0.2, 0.25) is 0 Å². The first kappa shape index (κ1) is 15.9. The van der Waals surface area contributed by atoms with E-state index in [1.54, 1.807) is 0 Å². The van der Waals surface area contributed by atoms with E-state index >= 15 is 0 Å². The molecule has 23 heavy (non-hydrogen) atoms. The summed E-state index contributed by atoms with van der Waals surface area (Å²) in [5, 5.41) is 13.3. The van der Waals surface area contributed by atoms with Crippen molar-refractivity contribution in [3.05, 3.63) is 54.1 Å². The van der Waals surface area contributed by atoms with Crippen LogP contribution >= 0.6 is 0 Å². The van der Waals surface area contributed by atoms with Gasteiger partial charge in [-0.25, -0.2) is 0 Å². The number of fused-ring (bicyclic) bond motifs is 1. The first-order chi connectivity index (χ1) is 11.4. The van der Waals surface area contributed by atoms with Crippen molar-refractivity contribution in [2.24, 2.45) is 5.16 Å². The van der Waals surface area contributed by atoms with Crippen LogP contribution in [0, 0.1) is 0 Å². The maximum atomic E-state index is 9.59. The molecule has 0 radical (unpaired) electrons. The largest absolute Gasteiger partial charge is 0.411 e. The molecule has 1 heterocycles. The lowest BCUT2D eigenvalue weighted by molar-refractivity contribution is 0.314. The third kappa shape index (κ3) is 3.84. The number of nitrogens with zero attached hydrogens (tertiary/aromatic N) is 2. The normalized spacial score (nSPS) is 27.0. The second kappa shape index (κ2) is 8.00. The van der Waals surface area contributed by atoms with Crippen LogP contribution in [0.1, 0.15) is 44.1 Å². The number of oxime groups is 1. The van der Waals surface area contributed by atoms with Crippen LogP contribution in [0.2, 0.25) is 0 Å². The average Bonchev–Trinajstić information content (AvgIpc) is 2.99. The van der Waals surface area contributed by atoms with Crippen LogP contribution in [0.15, 0.2) is 53.7 Å². The summed E-state index contributed by atoms with van der Waals surface area (Å²) >= 11 is 0. The number of anilines is 1. The second-order valence-electron chi connectivity index (χ2n) is 6.32. The van der Waals surface area contributed by atoms with E-state index in [0.29, 0.717) is 0 Å². The molecule has 0 spiro atoms. The van der Waals surface area contributed by atoms with E-state index in [1.807, 2.05) is 0 Å². The summed E-state index contributed by atoms with van der Waals surface area (Å²) in [6.45, 7) is 1.02. The van der Waals surface area contributed by atoms with Gasteiger partial charge in [0.25, 0.3) is 0 Å². The summed E-state index contributed by atoms with van der Waals surface area (Å²) in [5.41, 5.74) is 3.64. The zero-order valence-electron chi connectivity index (χ0n) is 13.7. The number of rotatable bonds is 1. The summed E-state index contributed by atoms with van der Waals surface area (Å²) in [6, 6.07) is 8.82. The monoisotopic (exact) mass is 310 g/mol. The van der Waals surface area contributed by atoms with Crippen molar-refractivity contribution in [2.45, 2.75) is 51.0 Å². The molecule has 0 fully saturated rings. The topological polar surface area (TPSA) is 35.8 Å². The molecule has 1 aliphatic carbocycles. The lowest BCUT2D eigenvalue weighted by Gasteiger charge is -2.31. The van der Waals surface area contributed by atoms with Crippen LogP contribution < -0.4 is 4.90 Å². The minimum Gasteiger partial charge on any atom is -0.411 e. The highest BCUT2D eigenvalue weighted by molar-refractivity contribution is 5.92. The number of hydrogen-bond acceptors (Lipinski definition) is 3. The van der Waals surface area contributed by atoms with Crippen molar-refractivity contribution in [1.29, 1.82) is 0 Å². The van der Waals surface area contributed by atoms with Gasteiger partial charge in [-0.05, 0) is 56.6 Å². The minimum atomic E-state index is 0.195. The highest BCUT2D eigenvalue weighted by Crippen LogP contribution is 2.31. The maximum Gasteiger partial charge on any atom is 0.0798 e. The van der Waals surface area contributed by atoms with Gasteiger partial charge in [0.15, 0.2) is 0 Å². The van der Waals surface area contributed by atoms with Crippen molar-refractivity contribution in [1.82, 2.24) is 0 Å². The molecule has 3 heteroatoms. The molecule has 122 valence electrons. The first-order valence-corrected chi connectivity index (χ1v) is 8.75. The fourth-order valence-electron chi connectivity index (χ4n) is 3.62. The van der Waals surface area contributed by atoms with Crippen molar-refractivity contribution in [3.8, 4) is 0 Å². The van der Waals surface area contributed by atoms with Crippen LogP contribution in [0.5, 0.6) is 0 Å². The molecule has 0 bridgehead atoms. The zero-order valence-corrected chi connectivity index (χ0v) is 13.7. The van der Waals surface area contributed by atoms with Crippen LogP contribution in [-0.4, -0.2) is 23.5 Å². The lowest BCUT2D eigenvalue weighted by Crippen LogP contribution is -2.40. The Hall–Kier alpha value is -2.03. The maximum absolute atomic E-state index is 9.59. The number of hydrogen-bond donors (Lipinski definition) is 1.